The zero-order valence-corrected chi connectivity index (χ0v) is 12.9. The minimum atomic E-state index is -1.11. The highest BCUT2D eigenvalue weighted by Crippen LogP contribution is 2.32. The number of hydrogen-bond donors (Lipinski definition) is 2. The van der Waals surface area contributed by atoms with E-state index in [1.165, 1.54) is 6.07 Å². The Bertz CT molecular complexity index is 678. The Kier molecular flexibility index (Phi) is 4.80. The summed E-state index contributed by atoms with van der Waals surface area (Å²) in [6.07, 6.45) is 1.26. The normalized spacial score (nSPS) is 10.4. The van der Waals surface area contributed by atoms with E-state index >= 15 is 0 Å². The summed E-state index contributed by atoms with van der Waals surface area (Å²) in [6.45, 7) is 1.94. The molecule has 1 aromatic carbocycles. The van der Waals surface area contributed by atoms with Gasteiger partial charge in [-0.2, -0.15) is 0 Å². The number of carboxylic acids is 1. The first kappa shape index (κ1) is 15.3. The number of carbonyl (C=O) groups is 2. The second-order valence-electron chi connectivity index (χ2n) is 4.46. The molecule has 6 heteroatoms. The van der Waals surface area contributed by atoms with Gasteiger partial charge in [0.05, 0.1) is 0 Å². The van der Waals surface area contributed by atoms with Gasteiger partial charge in [-0.15, -0.1) is 0 Å². The number of nitrogens with one attached hydrogen (secondary N) is 1. The van der Waals surface area contributed by atoms with Crippen molar-refractivity contribution in [1.82, 2.24) is 0 Å². The minimum absolute atomic E-state index is 0.0386. The monoisotopic (exact) mass is 351 g/mol. The molecule has 0 aliphatic heterocycles. The average Bonchev–Trinajstić information content (AvgIpc) is 2.88. The van der Waals surface area contributed by atoms with E-state index in [1.54, 1.807) is 24.3 Å². The van der Waals surface area contributed by atoms with Crippen LogP contribution in [0.25, 0.3) is 11.3 Å². The molecule has 5 nitrogen and oxygen atoms in total. The van der Waals surface area contributed by atoms with E-state index in [0.717, 1.165) is 12.0 Å². The van der Waals surface area contributed by atoms with Gasteiger partial charge >= 0.3 is 5.97 Å². The summed E-state index contributed by atoms with van der Waals surface area (Å²) in [5, 5.41) is 11.6. The van der Waals surface area contributed by atoms with Crippen LogP contribution in [0.1, 0.15) is 30.3 Å². The van der Waals surface area contributed by atoms with Gasteiger partial charge in [0.1, 0.15) is 5.76 Å². The summed E-state index contributed by atoms with van der Waals surface area (Å²) < 4.78 is 5.97. The maximum Gasteiger partial charge on any atom is 0.371 e. The molecule has 2 N–H and O–H groups in total. The number of rotatable bonds is 5. The summed E-state index contributed by atoms with van der Waals surface area (Å²) in [5.41, 5.74) is 1.39. The molecule has 0 atom stereocenters. The van der Waals surface area contributed by atoms with Crippen LogP contribution in [-0.4, -0.2) is 17.0 Å². The molecule has 0 saturated carbocycles. The van der Waals surface area contributed by atoms with E-state index in [-0.39, 0.29) is 11.7 Å². The maximum atomic E-state index is 11.5. The van der Waals surface area contributed by atoms with Gasteiger partial charge in [-0.1, -0.05) is 6.92 Å². The van der Waals surface area contributed by atoms with Crippen LogP contribution in [0.15, 0.2) is 39.2 Å². The molecular formula is C15H14BrNO4. The number of amides is 1. The SMILES string of the molecule is CCCC(=O)Nc1ccc(-c2ccc(C(=O)O)o2)c(Br)c1. The number of halogens is 1. The van der Waals surface area contributed by atoms with Crippen molar-refractivity contribution in [2.45, 2.75) is 19.8 Å². The summed E-state index contributed by atoms with van der Waals surface area (Å²) in [5.74, 6) is -0.813. The fourth-order valence-corrected chi connectivity index (χ4v) is 2.42. The third-order valence-electron chi connectivity index (χ3n) is 2.81. The van der Waals surface area contributed by atoms with E-state index in [4.69, 9.17) is 9.52 Å². The van der Waals surface area contributed by atoms with E-state index in [9.17, 15) is 9.59 Å². The molecule has 21 heavy (non-hydrogen) atoms. The van der Waals surface area contributed by atoms with Crippen molar-refractivity contribution in [2.24, 2.45) is 0 Å². The Balaban J connectivity index is 2.22. The standard InChI is InChI=1S/C15H14BrNO4/c1-2-3-14(18)17-9-4-5-10(11(16)8-9)12-6-7-13(21-12)15(19)20/h4-8H,2-3H2,1H3,(H,17,18)(H,19,20). The van der Waals surface area contributed by atoms with Crippen molar-refractivity contribution in [1.29, 1.82) is 0 Å². The van der Waals surface area contributed by atoms with Crippen molar-refractivity contribution < 1.29 is 19.1 Å². The fourth-order valence-electron chi connectivity index (χ4n) is 1.84. The van der Waals surface area contributed by atoms with Gasteiger partial charge in [-0.3, -0.25) is 4.79 Å². The van der Waals surface area contributed by atoms with Crippen molar-refractivity contribution in [2.75, 3.05) is 5.32 Å². The number of aromatic carboxylic acids is 1. The Hall–Kier alpha value is -2.08. The molecular weight excluding hydrogens is 338 g/mol. The molecule has 0 spiro atoms. The van der Waals surface area contributed by atoms with Crippen LogP contribution in [0.2, 0.25) is 0 Å². The third kappa shape index (κ3) is 3.72. The number of carbonyl (C=O) groups excluding carboxylic acids is 1. The lowest BCUT2D eigenvalue weighted by Crippen LogP contribution is -2.10. The van der Waals surface area contributed by atoms with Gasteiger partial charge in [-0.25, -0.2) is 4.79 Å². The van der Waals surface area contributed by atoms with Crippen LogP contribution < -0.4 is 5.32 Å². The van der Waals surface area contributed by atoms with Gasteiger partial charge in [0, 0.05) is 22.1 Å². The summed E-state index contributed by atoms with van der Waals surface area (Å²) in [7, 11) is 0. The maximum absolute atomic E-state index is 11.5. The molecule has 2 aromatic rings. The first-order chi connectivity index (χ1) is 10.0. The third-order valence-corrected chi connectivity index (χ3v) is 3.47. The first-order valence-corrected chi connectivity index (χ1v) is 7.23. The quantitative estimate of drug-likeness (QED) is 0.847. The predicted molar refractivity (Wildman–Crippen MR) is 82.3 cm³/mol. The van der Waals surface area contributed by atoms with Gasteiger partial charge < -0.3 is 14.8 Å². The lowest BCUT2D eigenvalue weighted by molar-refractivity contribution is -0.116. The van der Waals surface area contributed by atoms with Crippen molar-refractivity contribution in [3.05, 3.63) is 40.6 Å². The molecule has 1 aromatic heterocycles. The number of furan rings is 1. The molecule has 2 rings (SSSR count). The molecule has 1 heterocycles. The fraction of sp³-hybridized carbons (Fsp3) is 0.200. The number of benzene rings is 1. The molecule has 1 amide bonds. The highest BCUT2D eigenvalue weighted by Gasteiger charge is 2.13. The highest BCUT2D eigenvalue weighted by molar-refractivity contribution is 9.10. The summed E-state index contributed by atoms with van der Waals surface area (Å²) >= 11 is 3.40. The number of anilines is 1. The van der Waals surface area contributed by atoms with E-state index < -0.39 is 5.97 Å². The molecule has 0 aliphatic carbocycles. The van der Waals surface area contributed by atoms with Gasteiger partial charge in [0.25, 0.3) is 0 Å². The van der Waals surface area contributed by atoms with Crippen LogP contribution >= 0.6 is 15.9 Å². The molecule has 0 aliphatic rings. The largest absolute Gasteiger partial charge is 0.475 e. The van der Waals surface area contributed by atoms with Crippen LogP contribution in [-0.2, 0) is 4.79 Å². The first-order valence-electron chi connectivity index (χ1n) is 6.44. The average molecular weight is 352 g/mol. The second kappa shape index (κ2) is 6.58. The Morgan fingerprint density at radius 2 is 2.05 bits per heavy atom. The van der Waals surface area contributed by atoms with Crippen LogP contribution in [0.5, 0.6) is 0 Å². The Labute approximate surface area is 130 Å². The number of carboxylic acid groups (broad SMARTS) is 1. The highest BCUT2D eigenvalue weighted by atomic mass is 79.9. The Morgan fingerprint density at radius 1 is 1.29 bits per heavy atom. The summed E-state index contributed by atoms with van der Waals surface area (Å²) in [4.78, 5) is 22.4. The van der Waals surface area contributed by atoms with Gasteiger partial charge in [0.15, 0.2) is 0 Å². The molecule has 0 radical (unpaired) electrons. The lowest BCUT2D eigenvalue weighted by Gasteiger charge is -2.07. The Morgan fingerprint density at radius 3 is 2.62 bits per heavy atom. The van der Waals surface area contributed by atoms with Crippen LogP contribution in [0, 0.1) is 0 Å². The van der Waals surface area contributed by atoms with Gasteiger partial charge in [0.2, 0.25) is 11.7 Å². The molecule has 0 bridgehead atoms. The van der Waals surface area contributed by atoms with Crippen molar-refractivity contribution in [3.63, 3.8) is 0 Å². The number of hydrogen-bond acceptors (Lipinski definition) is 3. The van der Waals surface area contributed by atoms with Crippen LogP contribution in [0.4, 0.5) is 5.69 Å². The topological polar surface area (TPSA) is 79.5 Å². The second-order valence-corrected chi connectivity index (χ2v) is 5.32. The predicted octanol–water partition coefficient (Wildman–Crippen LogP) is 4.15. The van der Waals surface area contributed by atoms with Gasteiger partial charge in [-0.05, 0) is 52.7 Å². The molecule has 110 valence electrons. The van der Waals surface area contributed by atoms with Crippen LogP contribution in [0.3, 0.4) is 0 Å². The van der Waals surface area contributed by atoms with Crippen molar-refractivity contribution >= 4 is 33.5 Å². The molecule has 0 saturated heterocycles. The van der Waals surface area contributed by atoms with E-state index in [2.05, 4.69) is 21.2 Å². The minimum Gasteiger partial charge on any atom is -0.475 e. The van der Waals surface area contributed by atoms with E-state index in [1.807, 2.05) is 6.92 Å². The zero-order valence-electron chi connectivity index (χ0n) is 11.4. The molecule has 0 unspecified atom stereocenters. The smallest absolute Gasteiger partial charge is 0.371 e. The molecule has 0 fully saturated rings. The zero-order chi connectivity index (χ0) is 15.4. The lowest BCUT2D eigenvalue weighted by atomic mass is 10.1. The van der Waals surface area contributed by atoms with Crippen molar-refractivity contribution in [3.8, 4) is 11.3 Å². The summed E-state index contributed by atoms with van der Waals surface area (Å²) in [6, 6.07) is 8.26. The van der Waals surface area contributed by atoms with E-state index in [0.29, 0.717) is 22.3 Å².